The van der Waals surface area contributed by atoms with E-state index in [0.29, 0.717) is 6.42 Å². The number of rotatable bonds is 5. The number of ether oxygens (including phenoxy) is 1. The largest absolute Gasteiger partial charge is 0.444 e. The van der Waals surface area contributed by atoms with Crippen LogP contribution in [0.4, 0.5) is 4.79 Å². The lowest BCUT2D eigenvalue weighted by atomic mass is 10.0. The summed E-state index contributed by atoms with van der Waals surface area (Å²) in [7, 11) is 0. The summed E-state index contributed by atoms with van der Waals surface area (Å²) in [4.78, 5) is 26.6. The first-order valence-corrected chi connectivity index (χ1v) is 6.23. The van der Waals surface area contributed by atoms with Gasteiger partial charge in [-0.25, -0.2) is 4.79 Å². The number of aldehydes is 1. The molecule has 1 rings (SSSR count). The quantitative estimate of drug-likeness (QED) is 0.825. The first-order chi connectivity index (χ1) is 8.90. The maximum absolute atomic E-state index is 11.5. The van der Waals surface area contributed by atoms with E-state index in [0.717, 1.165) is 12.0 Å². The lowest BCUT2D eigenvalue weighted by Crippen LogP contribution is -2.36. The fourth-order valence-corrected chi connectivity index (χ4v) is 1.48. The van der Waals surface area contributed by atoms with Gasteiger partial charge in [0, 0.05) is 30.8 Å². The molecule has 0 spiro atoms. The first-order valence-electron chi connectivity index (χ1n) is 6.23. The Kier molecular flexibility index (Phi) is 5.48. The Hall–Kier alpha value is -1.91. The van der Waals surface area contributed by atoms with Crippen molar-refractivity contribution in [1.29, 1.82) is 0 Å². The number of hydrogen-bond acceptors (Lipinski definition) is 4. The number of nitrogens with one attached hydrogen (secondary N) is 1. The van der Waals surface area contributed by atoms with E-state index in [4.69, 9.17) is 4.74 Å². The minimum atomic E-state index is -0.540. The van der Waals surface area contributed by atoms with Gasteiger partial charge in [-0.05, 0) is 32.9 Å². The number of hydrogen-bond donors (Lipinski definition) is 1. The predicted molar refractivity (Wildman–Crippen MR) is 71.7 cm³/mol. The molecule has 1 aromatic heterocycles. The molecule has 5 nitrogen and oxygen atoms in total. The van der Waals surface area contributed by atoms with Gasteiger partial charge < -0.3 is 14.8 Å². The first kappa shape index (κ1) is 15.1. The fraction of sp³-hybridized carbons (Fsp3) is 0.500. The van der Waals surface area contributed by atoms with Crippen molar-refractivity contribution in [2.24, 2.45) is 5.92 Å². The van der Waals surface area contributed by atoms with Gasteiger partial charge in [0.2, 0.25) is 0 Å². The zero-order valence-electron chi connectivity index (χ0n) is 11.6. The van der Waals surface area contributed by atoms with E-state index in [1.807, 2.05) is 18.2 Å². The molecule has 1 heterocycles. The highest BCUT2D eigenvalue weighted by molar-refractivity contribution is 5.68. The van der Waals surface area contributed by atoms with Crippen molar-refractivity contribution in [3.05, 3.63) is 30.1 Å². The third kappa shape index (κ3) is 6.55. The van der Waals surface area contributed by atoms with Gasteiger partial charge in [-0.15, -0.1) is 0 Å². The molecule has 1 N–H and O–H groups in total. The maximum Gasteiger partial charge on any atom is 0.407 e. The van der Waals surface area contributed by atoms with Gasteiger partial charge in [0.15, 0.2) is 0 Å². The molecule has 0 aromatic carbocycles. The van der Waals surface area contributed by atoms with E-state index < -0.39 is 11.7 Å². The van der Waals surface area contributed by atoms with Crippen LogP contribution in [0.5, 0.6) is 0 Å². The van der Waals surface area contributed by atoms with Gasteiger partial charge in [-0.2, -0.15) is 0 Å². The molecule has 0 aliphatic heterocycles. The standard InChI is InChI=1S/C14H20N2O3/c1-14(2,3)19-13(18)16-9-11(10-17)8-12-6-4-5-7-15-12/h4-7,10-11H,8-9H2,1-3H3,(H,16,18)/t11-/m0/s1. The molecular weight excluding hydrogens is 244 g/mol. The molecule has 19 heavy (non-hydrogen) atoms. The number of carbonyl (C=O) groups excluding carboxylic acids is 2. The summed E-state index contributed by atoms with van der Waals surface area (Å²) in [5.41, 5.74) is 0.285. The zero-order chi connectivity index (χ0) is 14.3. The molecule has 0 radical (unpaired) electrons. The molecule has 104 valence electrons. The Labute approximate surface area is 113 Å². The number of alkyl carbamates (subject to hydrolysis) is 1. The van der Waals surface area contributed by atoms with E-state index >= 15 is 0 Å². The van der Waals surface area contributed by atoms with E-state index in [9.17, 15) is 9.59 Å². The lowest BCUT2D eigenvalue weighted by molar-refractivity contribution is -0.110. The van der Waals surface area contributed by atoms with E-state index in [1.54, 1.807) is 27.0 Å². The molecule has 0 unspecified atom stereocenters. The molecule has 0 fully saturated rings. The van der Waals surface area contributed by atoms with Crippen LogP contribution in [0.25, 0.3) is 0 Å². The lowest BCUT2D eigenvalue weighted by Gasteiger charge is -2.20. The number of carbonyl (C=O) groups is 2. The van der Waals surface area contributed by atoms with Crippen LogP contribution in [0.3, 0.4) is 0 Å². The molecule has 0 saturated heterocycles. The summed E-state index contributed by atoms with van der Waals surface area (Å²) in [6.07, 6.45) is 2.49. The van der Waals surface area contributed by atoms with Gasteiger partial charge in [-0.1, -0.05) is 6.07 Å². The van der Waals surface area contributed by atoms with Crippen LogP contribution in [0.1, 0.15) is 26.5 Å². The van der Waals surface area contributed by atoms with Crippen molar-refractivity contribution in [2.75, 3.05) is 6.54 Å². The summed E-state index contributed by atoms with van der Waals surface area (Å²) in [6, 6.07) is 5.54. The van der Waals surface area contributed by atoms with Crippen LogP contribution >= 0.6 is 0 Å². The van der Waals surface area contributed by atoms with Crippen LogP contribution in [0.2, 0.25) is 0 Å². The number of aromatic nitrogens is 1. The number of pyridine rings is 1. The summed E-state index contributed by atoms with van der Waals surface area (Å²) >= 11 is 0. The van der Waals surface area contributed by atoms with Crippen molar-refractivity contribution < 1.29 is 14.3 Å². The van der Waals surface area contributed by atoms with Gasteiger partial charge in [0.1, 0.15) is 11.9 Å². The van der Waals surface area contributed by atoms with Crippen molar-refractivity contribution >= 4 is 12.4 Å². The smallest absolute Gasteiger partial charge is 0.407 e. The van der Waals surface area contributed by atoms with Crippen molar-refractivity contribution in [3.63, 3.8) is 0 Å². The van der Waals surface area contributed by atoms with Crippen LogP contribution in [-0.2, 0) is 16.0 Å². The average molecular weight is 264 g/mol. The predicted octanol–water partition coefficient (Wildman–Crippen LogP) is 1.96. The van der Waals surface area contributed by atoms with E-state index in [-0.39, 0.29) is 12.5 Å². The third-order valence-corrected chi connectivity index (χ3v) is 2.30. The summed E-state index contributed by atoms with van der Waals surface area (Å²) in [5, 5.41) is 2.59. The van der Waals surface area contributed by atoms with Crippen LogP contribution in [-0.4, -0.2) is 29.5 Å². The fourth-order valence-electron chi connectivity index (χ4n) is 1.48. The third-order valence-electron chi connectivity index (χ3n) is 2.30. The molecular formula is C14H20N2O3. The molecule has 0 aliphatic carbocycles. The maximum atomic E-state index is 11.5. The topological polar surface area (TPSA) is 68.3 Å². The average Bonchev–Trinajstić information content (AvgIpc) is 2.33. The minimum Gasteiger partial charge on any atom is -0.444 e. The monoisotopic (exact) mass is 264 g/mol. The Morgan fingerprint density at radius 2 is 2.21 bits per heavy atom. The second-order valence-electron chi connectivity index (χ2n) is 5.30. The molecule has 0 saturated carbocycles. The highest BCUT2D eigenvalue weighted by Gasteiger charge is 2.17. The minimum absolute atomic E-state index is 0.245. The number of nitrogens with zero attached hydrogens (tertiary/aromatic N) is 1. The van der Waals surface area contributed by atoms with Crippen LogP contribution in [0.15, 0.2) is 24.4 Å². The van der Waals surface area contributed by atoms with Crippen LogP contribution < -0.4 is 5.32 Å². The zero-order valence-corrected chi connectivity index (χ0v) is 11.6. The summed E-state index contributed by atoms with van der Waals surface area (Å²) in [5.74, 6) is -0.303. The van der Waals surface area contributed by atoms with Gasteiger partial charge in [0.05, 0.1) is 0 Å². The Morgan fingerprint density at radius 3 is 2.74 bits per heavy atom. The van der Waals surface area contributed by atoms with Gasteiger partial charge in [-0.3, -0.25) is 4.98 Å². The van der Waals surface area contributed by atoms with Gasteiger partial charge >= 0.3 is 6.09 Å². The SMILES string of the molecule is CC(C)(C)OC(=O)NC[C@@H](C=O)Cc1ccccn1. The van der Waals surface area contributed by atoms with E-state index in [1.165, 1.54) is 0 Å². The second kappa shape index (κ2) is 6.87. The molecule has 1 amide bonds. The summed E-state index contributed by atoms with van der Waals surface area (Å²) in [6.45, 7) is 5.61. The highest BCUT2D eigenvalue weighted by atomic mass is 16.6. The second-order valence-corrected chi connectivity index (χ2v) is 5.30. The summed E-state index contributed by atoms with van der Waals surface area (Å²) < 4.78 is 5.10. The Morgan fingerprint density at radius 1 is 1.47 bits per heavy atom. The van der Waals surface area contributed by atoms with Crippen molar-refractivity contribution in [1.82, 2.24) is 10.3 Å². The van der Waals surface area contributed by atoms with Crippen molar-refractivity contribution in [2.45, 2.75) is 32.8 Å². The Balaban J connectivity index is 2.41. The van der Waals surface area contributed by atoms with Crippen LogP contribution in [0, 0.1) is 5.92 Å². The van der Waals surface area contributed by atoms with E-state index in [2.05, 4.69) is 10.3 Å². The van der Waals surface area contributed by atoms with Crippen molar-refractivity contribution in [3.8, 4) is 0 Å². The molecule has 0 aliphatic rings. The van der Waals surface area contributed by atoms with Gasteiger partial charge in [0.25, 0.3) is 0 Å². The molecule has 1 aromatic rings. The molecule has 0 bridgehead atoms. The molecule has 1 atom stereocenters. The Bertz CT molecular complexity index is 412. The normalized spacial score (nSPS) is 12.6. The molecule has 5 heteroatoms. The number of amides is 1. The highest BCUT2D eigenvalue weighted by Crippen LogP contribution is 2.07.